The van der Waals surface area contributed by atoms with Gasteiger partial charge in [-0.3, -0.25) is 0 Å². The minimum Gasteiger partial charge on any atom is -0.378 e. The molecule has 1 aliphatic rings. The number of carbonyl (C=O) groups is 1. The Balaban J connectivity index is 1.52. The monoisotopic (exact) mass is 418 g/mol. The molecule has 0 saturated heterocycles. The van der Waals surface area contributed by atoms with E-state index < -0.39 is 0 Å². The number of carbonyl (C=O) groups excluding carboxylic acids is 1. The van der Waals surface area contributed by atoms with Gasteiger partial charge in [0.25, 0.3) is 0 Å². The van der Waals surface area contributed by atoms with E-state index in [1.54, 1.807) is 12.1 Å². The van der Waals surface area contributed by atoms with Crippen LogP contribution in [0.3, 0.4) is 0 Å². The van der Waals surface area contributed by atoms with E-state index >= 15 is 0 Å². The van der Waals surface area contributed by atoms with Crippen LogP contribution < -0.4 is 20.4 Å². The molecule has 2 amide bonds. The van der Waals surface area contributed by atoms with E-state index in [0.29, 0.717) is 12.2 Å². The lowest BCUT2D eigenvalue weighted by atomic mass is 10.0. The highest BCUT2D eigenvalue weighted by Gasteiger charge is 2.27. The highest BCUT2D eigenvalue weighted by Crippen LogP contribution is 2.35. The molecule has 0 bridgehead atoms. The van der Waals surface area contributed by atoms with Gasteiger partial charge in [0.15, 0.2) is 0 Å². The highest BCUT2D eigenvalue weighted by atomic mass is 19.1. The zero-order chi connectivity index (χ0) is 21.8. The summed E-state index contributed by atoms with van der Waals surface area (Å²) >= 11 is 0. The molecule has 160 valence electrons. The normalized spacial score (nSPS) is 13.5. The van der Waals surface area contributed by atoms with Crippen LogP contribution in [-0.4, -0.2) is 33.2 Å². The number of anilines is 3. The van der Waals surface area contributed by atoms with E-state index in [-0.39, 0.29) is 17.9 Å². The summed E-state index contributed by atoms with van der Waals surface area (Å²) in [6.45, 7) is 1.35. The first-order valence-corrected chi connectivity index (χ1v) is 10.4. The average molecular weight is 419 g/mol. The lowest BCUT2D eigenvalue weighted by Gasteiger charge is -2.31. The van der Waals surface area contributed by atoms with Crippen molar-refractivity contribution in [2.75, 3.05) is 42.3 Å². The van der Waals surface area contributed by atoms with Crippen LogP contribution >= 0.6 is 0 Å². The van der Waals surface area contributed by atoms with Gasteiger partial charge >= 0.3 is 6.03 Å². The number of fused-ring (bicyclic) bond motifs is 1. The summed E-state index contributed by atoms with van der Waals surface area (Å²) < 4.78 is 13.1. The van der Waals surface area contributed by atoms with E-state index in [1.165, 1.54) is 23.4 Å². The quantitative estimate of drug-likeness (QED) is 0.604. The van der Waals surface area contributed by atoms with Gasteiger partial charge in [0.2, 0.25) is 0 Å². The third-order valence-electron chi connectivity index (χ3n) is 5.65. The van der Waals surface area contributed by atoms with Gasteiger partial charge in [0, 0.05) is 44.2 Å². The molecular formula is C25H27FN4O. The minimum atomic E-state index is -0.333. The first-order valence-electron chi connectivity index (χ1n) is 10.4. The smallest absolute Gasteiger partial charge is 0.319 e. The lowest BCUT2D eigenvalue weighted by Crippen LogP contribution is -2.39. The Kier molecular flexibility index (Phi) is 6.07. The Morgan fingerprint density at radius 1 is 1.03 bits per heavy atom. The number of halogens is 1. The van der Waals surface area contributed by atoms with Crippen LogP contribution in [0.25, 0.3) is 0 Å². The van der Waals surface area contributed by atoms with E-state index in [0.717, 1.165) is 24.2 Å². The fourth-order valence-electron chi connectivity index (χ4n) is 3.99. The molecule has 4 rings (SSSR count). The number of amides is 2. The summed E-state index contributed by atoms with van der Waals surface area (Å²) in [4.78, 5) is 16.9. The van der Waals surface area contributed by atoms with Gasteiger partial charge in [-0.25, -0.2) is 9.18 Å². The topological polar surface area (TPSA) is 47.6 Å². The van der Waals surface area contributed by atoms with Crippen molar-refractivity contribution in [3.8, 4) is 0 Å². The molecule has 0 radical (unpaired) electrons. The molecule has 1 aliphatic heterocycles. The van der Waals surface area contributed by atoms with E-state index in [4.69, 9.17) is 0 Å². The molecule has 31 heavy (non-hydrogen) atoms. The number of benzene rings is 3. The first-order chi connectivity index (χ1) is 15.0. The van der Waals surface area contributed by atoms with Crippen molar-refractivity contribution in [3.05, 3.63) is 89.7 Å². The molecule has 2 N–H and O–H groups in total. The Morgan fingerprint density at radius 3 is 2.45 bits per heavy atom. The molecule has 5 nitrogen and oxygen atoms in total. The van der Waals surface area contributed by atoms with Crippen LogP contribution in [0.5, 0.6) is 0 Å². The Morgan fingerprint density at radius 2 is 1.74 bits per heavy atom. The Labute approximate surface area is 182 Å². The summed E-state index contributed by atoms with van der Waals surface area (Å²) in [7, 11) is 4.04. The van der Waals surface area contributed by atoms with Gasteiger partial charge in [0.05, 0.1) is 6.04 Å². The van der Waals surface area contributed by atoms with Crippen LogP contribution in [0.1, 0.15) is 17.2 Å². The third-order valence-corrected chi connectivity index (χ3v) is 5.65. The van der Waals surface area contributed by atoms with Gasteiger partial charge in [-0.05, 0) is 60.0 Å². The number of hydrogen-bond acceptors (Lipinski definition) is 3. The van der Waals surface area contributed by atoms with Crippen molar-refractivity contribution in [2.45, 2.75) is 12.5 Å². The molecule has 0 saturated carbocycles. The Hall–Kier alpha value is -3.54. The van der Waals surface area contributed by atoms with Crippen molar-refractivity contribution in [2.24, 2.45) is 0 Å². The molecule has 0 aromatic heterocycles. The third kappa shape index (κ3) is 4.79. The van der Waals surface area contributed by atoms with Crippen LogP contribution in [0, 0.1) is 5.82 Å². The second-order valence-corrected chi connectivity index (χ2v) is 7.92. The van der Waals surface area contributed by atoms with Crippen molar-refractivity contribution in [3.63, 3.8) is 0 Å². The highest BCUT2D eigenvalue weighted by molar-refractivity contribution is 5.89. The molecule has 0 spiro atoms. The standard InChI is InChI=1S/C25H27FN4O/c1-29(2)22-13-7-19(8-14-22)24(30-16-15-18-5-3-4-6-23(18)30)17-27-25(31)28-21-11-9-20(26)10-12-21/h3-14,24H,15-17H2,1-2H3,(H2,27,28,31). The fraction of sp³-hybridized carbons (Fsp3) is 0.240. The van der Waals surface area contributed by atoms with E-state index in [9.17, 15) is 9.18 Å². The number of nitrogens with one attached hydrogen (secondary N) is 2. The van der Waals surface area contributed by atoms with Gasteiger partial charge in [-0.15, -0.1) is 0 Å². The van der Waals surface area contributed by atoms with Crippen LogP contribution in [0.15, 0.2) is 72.8 Å². The molecule has 0 fully saturated rings. The summed E-state index contributed by atoms with van der Waals surface area (Å²) in [6.07, 6.45) is 0.990. The van der Waals surface area contributed by atoms with Crippen LogP contribution in [0.4, 0.5) is 26.2 Å². The number of hydrogen-bond donors (Lipinski definition) is 2. The van der Waals surface area contributed by atoms with Crippen molar-refractivity contribution in [1.82, 2.24) is 5.32 Å². The average Bonchev–Trinajstić information content (AvgIpc) is 3.20. The molecule has 6 heteroatoms. The molecule has 3 aromatic rings. The lowest BCUT2D eigenvalue weighted by molar-refractivity contribution is 0.251. The van der Waals surface area contributed by atoms with E-state index in [1.807, 2.05) is 14.1 Å². The molecule has 3 aromatic carbocycles. The predicted octanol–water partition coefficient (Wildman–Crippen LogP) is 4.82. The van der Waals surface area contributed by atoms with Crippen molar-refractivity contribution in [1.29, 1.82) is 0 Å². The van der Waals surface area contributed by atoms with E-state index in [2.05, 4.69) is 69.0 Å². The minimum absolute atomic E-state index is 0.00108. The number of para-hydroxylation sites is 1. The second kappa shape index (κ2) is 9.08. The van der Waals surface area contributed by atoms with Gasteiger partial charge in [-0.2, -0.15) is 0 Å². The zero-order valence-corrected chi connectivity index (χ0v) is 17.8. The largest absolute Gasteiger partial charge is 0.378 e. The van der Waals surface area contributed by atoms with Crippen molar-refractivity contribution < 1.29 is 9.18 Å². The van der Waals surface area contributed by atoms with Gasteiger partial charge in [-0.1, -0.05) is 30.3 Å². The van der Waals surface area contributed by atoms with Gasteiger partial charge in [0.1, 0.15) is 5.82 Å². The zero-order valence-electron chi connectivity index (χ0n) is 17.8. The Bertz CT molecular complexity index is 1030. The van der Waals surface area contributed by atoms with Gasteiger partial charge < -0.3 is 20.4 Å². The molecule has 1 unspecified atom stereocenters. The second-order valence-electron chi connectivity index (χ2n) is 7.92. The molecule has 0 aliphatic carbocycles. The maximum atomic E-state index is 13.1. The summed E-state index contributed by atoms with van der Waals surface area (Å²) in [6, 6.07) is 22.3. The van der Waals surface area contributed by atoms with Crippen molar-refractivity contribution >= 4 is 23.1 Å². The van der Waals surface area contributed by atoms with Crippen LogP contribution in [-0.2, 0) is 6.42 Å². The maximum absolute atomic E-state index is 13.1. The summed E-state index contributed by atoms with van der Waals surface area (Å²) in [5.74, 6) is -0.333. The number of urea groups is 1. The molecule has 1 atom stereocenters. The number of nitrogens with zero attached hydrogens (tertiary/aromatic N) is 2. The first kappa shape index (κ1) is 20.7. The molecule has 1 heterocycles. The SMILES string of the molecule is CN(C)c1ccc(C(CNC(=O)Nc2ccc(F)cc2)N2CCc3ccccc32)cc1. The summed E-state index contributed by atoms with van der Waals surface area (Å²) in [5.41, 5.74) is 5.37. The fourth-order valence-corrected chi connectivity index (χ4v) is 3.99. The predicted molar refractivity (Wildman–Crippen MR) is 124 cm³/mol. The number of rotatable bonds is 6. The molecular weight excluding hydrogens is 391 g/mol. The maximum Gasteiger partial charge on any atom is 0.319 e. The summed E-state index contributed by atoms with van der Waals surface area (Å²) in [5, 5.41) is 5.76. The van der Waals surface area contributed by atoms with Crippen LogP contribution in [0.2, 0.25) is 0 Å².